The van der Waals surface area contributed by atoms with Crippen molar-refractivity contribution in [2.24, 2.45) is 11.8 Å². The first kappa shape index (κ1) is 8.53. The van der Waals surface area contributed by atoms with Gasteiger partial charge in [0.2, 0.25) is 0 Å². The van der Waals surface area contributed by atoms with Gasteiger partial charge in [0.1, 0.15) is 0 Å². The summed E-state index contributed by atoms with van der Waals surface area (Å²) in [5.74, 6) is -0.476. The fraction of sp³-hybridized carbons (Fsp3) is 0.875. The minimum atomic E-state index is -0.645. The SMILES string of the molecule is CCN1CC(C)C(C(=O)O)C1. The maximum Gasteiger partial charge on any atom is 0.308 e. The molecule has 0 bridgehead atoms. The molecular weight excluding hydrogens is 142 g/mol. The second-order valence-electron chi connectivity index (χ2n) is 3.27. The van der Waals surface area contributed by atoms with Gasteiger partial charge >= 0.3 is 5.97 Å². The second-order valence-corrected chi connectivity index (χ2v) is 3.27. The van der Waals surface area contributed by atoms with Gasteiger partial charge in [0, 0.05) is 13.1 Å². The van der Waals surface area contributed by atoms with Crippen molar-refractivity contribution in [1.29, 1.82) is 0 Å². The Hall–Kier alpha value is -0.570. The zero-order chi connectivity index (χ0) is 8.43. The lowest BCUT2D eigenvalue weighted by Crippen LogP contribution is -2.22. The van der Waals surface area contributed by atoms with Crippen LogP contribution < -0.4 is 0 Å². The van der Waals surface area contributed by atoms with Gasteiger partial charge in [-0.2, -0.15) is 0 Å². The highest BCUT2D eigenvalue weighted by Gasteiger charge is 2.33. The summed E-state index contributed by atoms with van der Waals surface area (Å²) in [7, 11) is 0. The van der Waals surface area contributed by atoms with Crippen LogP contribution in [-0.4, -0.2) is 35.6 Å². The van der Waals surface area contributed by atoms with Gasteiger partial charge in [0.25, 0.3) is 0 Å². The van der Waals surface area contributed by atoms with Crippen LogP contribution in [0, 0.1) is 11.8 Å². The number of hydrogen-bond donors (Lipinski definition) is 1. The molecule has 64 valence electrons. The van der Waals surface area contributed by atoms with E-state index >= 15 is 0 Å². The summed E-state index contributed by atoms with van der Waals surface area (Å²) in [5, 5.41) is 8.77. The molecule has 1 heterocycles. The lowest BCUT2D eigenvalue weighted by Gasteiger charge is -2.10. The van der Waals surface area contributed by atoms with Crippen LogP contribution in [0.4, 0.5) is 0 Å². The van der Waals surface area contributed by atoms with Gasteiger partial charge < -0.3 is 10.0 Å². The summed E-state index contributed by atoms with van der Waals surface area (Å²) in [6.45, 7) is 6.71. The molecule has 3 nitrogen and oxygen atoms in total. The molecule has 11 heavy (non-hydrogen) atoms. The molecule has 1 saturated heterocycles. The maximum atomic E-state index is 10.6. The summed E-state index contributed by atoms with van der Waals surface area (Å²) >= 11 is 0. The molecule has 1 aliphatic rings. The Balaban J connectivity index is 2.51. The zero-order valence-electron chi connectivity index (χ0n) is 7.08. The highest BCUT2D eigenvalue weighted by Crippen LogP contribution is 2.22. The molecule has 3 heteroatoms. The number of likely N-dealkylation sites (tertiary alicyclic amines) is 1. The summed E-state index contributed by atoms with van der Waals surface area (Å²) in [5.41, 5.74) is 0. The number of rotatable bonds is 2. The van der Waals surface area contributed by atoms with Crippen LogP contribution in [0.25, 0.3) is 0 Å². The highest BCUT2D eigenvalue weighted by molar-refractivity contribution is 5.71. The third kappa shape index (κ3) is 1.71. The van der Waals surface area contributed by atoms with E-state index in [-0.39, 0.29) is 5.92 Å². The summed E-state index contributed by atoms with van der Waals surface area (Å²) < 4.78 is 0. The molecule has 0 aliphatic carbocycles. The van der Waals surface area contributed by atoms with Gasteiger partial charge in [-0.05, 0) is 12.5 Å². The van der Waals surface area contributed by atoms with Crippen molar-refractivity contribution in [3.8, 4) is 0 Å². The van der Waals surface area contributed by atoms with Crippen LogP contribution in [0.1, 0.15) is 13.8 Å². The van der Waals surface area contributed by atoms with E-state index in [4.69, 9.17) is 5.11 Å². The molecule has 0 amide bonds. The molecular formula is C8H15NO2. The number of carboxylic acids is 1. The first-order valence-corrected chi connectivity index (χ1v) is 4.10. The minimum Gasteiger partial charge on any atom is -0.481 e. The summed E-state index contributed by atoms with van der Waals surface area (Å²) in [6, 6.07) is 0. The predicted molar refractivity (Wildman–Crippen MR) is 42.4 cm³/mol. The topological polar surface area (TPSA) is 40.5 Å². The van der Waals surface area contributed by atoms with Gasteiger partial charge in [0.15, 0.2) is 0 Å². The van der Waals surface area contributed by atoms with Gasteiger partial charge in [-0.15, -0.1) is 0 Å². The number of carboxylic acid groups (broad SMARTS) is 1. The first-order valence-electron chi connectivity index (χ1n) is 4.10. The molecule has 1 fully saturated rings. The fourth-order valence-corrected chi connectivity index (χ4v) is 1.65. The average molecular weight is 157 g/mol. The van der Waals surface area contributed by atoms with Crippen molar-refractivity contribution < 1.29 is 9.90 Å². The normalized spacial score (nSPS) is 32.5. The zero-order valence-corrected chi connectivity index (χ0v) is 7.08. The summed E-state index contributed by atoms with van der Waals surface area (Å²) in [6.07, 6.45) is 0. The van der Waals surface area contributed by atoms with Crippen molar-refractivity contribution in [3.05, 3.63) is 0 Å². The molecule has 2 unspecified atom stereocenters. The van der Waals surface area contributed by atoms with E-state index < -0.39 is 5.97 Å². The molecule has 1 N–H and O–H groups in total. The Labute approximate surface area is 67.0 Å². The van der Waals surface area contributed by atoms with Crippen molar-refractivity contribution in [1.82, 2.24) is 4.90 Å². The minimum absolute atomic E-state index is 0.144. The van der Waals surface area contributed by atoms with Crippen LogP contribution >= 0.6 is 0 Å². The Bertz CT molecular complexity index is 158. The summed E-state index contributed by atoms with van der Waals surface area (Å²) in [4.78, 5) is 12.8. The molecule has 0 aromatic heterocycles. The van der Waals surface area contributed by atoms with E-state index in [9.17, 15) is 4.79 Å². The van der Waals surface area contributed by atoms with Crippen LogP contribution in [0.2, 0.25) is 0 Å². The Morgan fingerprint density at radius 1 is 1.64 bits per heavy atom. The molecule has 0 saturated carbocycles. The van der Waals surface area contributed by atoms with E-state index in [0.717, 1.165) is 19.6 Å². The van der Waals surface area contributed by atoms with Crippen LogP contribution in [0.15, 0.2) is 0 Å². The first-order chi connectivity index (χ1) is 5.15. The predicted octanol–water partition coefficient (Wildman–Crippen LogP) is 0.659. The Morgan fingerprint density at radius 3 is 2.55 bits per heavy atom. The quantitative estimate of drug-likeness (QED) is 0.640. The van der Waals surface area contributed by atoms with Gasteiger partial charge in [-0.1, -0.05) is 13.8 Å². The van der Waals surface area contributed by atoms with Crippen LogP contribution in [-0.2, 0) is 4.79 Å². The molecule has 0 aromatic carbocycles. The van der Waals surface area contributed by atoms with Crippen LogP contribution in [0.5, 0.6) is 0 Å². The van der Waals surface area contributed by atoms with E-state index in [1.807, 2.05) is 6.92 Å². The Kier molecular flexibility index (Phi) is 2.49. The molecule has 1 rings (SSSR count). The lowest BCUT2D eigenvalue weighted by molar-refractivity contribution is -0.142. The maximum absolute atomic E-state index is 10.6. The second kappa shape index (κ2) is 3.22. The van der Waals surface area contributed by atoms with Crippen molar-refractivity contribution in [2.75, 3.05) is 19.6 Å². The number of aliphatic carboxylic acids is 1. The third-order valence-corrected chi connectivity index (χ3v) is 2.45. The largest absolute Gasteiger partial charge is 0.481 e. The van der Waals surface area contributed by atoms with E-state index in [1.54, 1.807) is 0 Å². The molecule has 0 radical (unpaired) electrons. The standard InChI is InChI=1S/C8H15NO2/c1-3-9-4-6(2)7(5-9)8(10)11/h6-7H,3-5H2,1-2H3,(H,10,11). The van der Waals surface area contributed by atoms with E-state index in [0.29, 0.717) is 5.92 Å². The average Bonchev–Trinajstić information content (AvgIpc) is 2.30. The van der Waals surface area contributed by atoms with Crippen LogP contribution in [0.3, 0.4) is 0 Å². The number of carbonyl (C=O) groups is 1. The smallest absolute Gasteiger partial charge is 0.308 e. The molecule has 0 spiro atoms. The molecule has 0 aromatic rings. The number of nitrogens with zero attached hydrogens (tertiary/aromatic N) is 1. The molecule has 1 aliphatic heterocycles. The van der Waals surface area contributed by atoms with Crippen molar-refractivity contribution >= 4 is 5.97 Å². The van der Waals surface area contributed by atoms with E-state index in [2.05, 4.69) is 11.8 Å². The fourth-order valence-electron chi connectivity index (χ4n) is 1.65. The van der Waals surface area contributed by atoms with Gasteiger partial charge in [0.05, 0.1) is 5.92 Å². The van der Waals surface area contributed by atoms with Gasteiger partial charge in [-0.3, -0.25) is 4.79 Å². The third-order valence-electron chi connectivity index (χ3n) is 2.45. The van der Waals surface area contributed by atoms with Gasteiger partial charge in [-0.25, -0.2) is 0 Å². The lowest BCUT2D eigenvalue weighted by atomic mass is 9.99. The highest BCUT2D eigenvalue weighted by atomic mass is 16.4. The van der Waals surface area contributed by atoms with Crippen molar-refractivity contribution in [2.45, 2.75) is 13.8 Å². The Morgan fingerprint density at radius 2 is 2.27 bits per heavy atom. The van der Waals surface area contributed by atoms with Crippen molar-refractivity contribution in [3.63, 3.8) is 0 Å². The van der Waals surface area contributed by atoms with E-state index in [1.165, 1.54) is 0 Å². The monoisotopic (exact) mass is 157 g/mol. The molecule has 2 atom stereocenters. The number of hydrogen-bond acceptors (Lipinski definition) is 2.